The van der Waals surface area contributed by atoms with Gasteiger partial charge in [0.1, 0.15) is 0 Å². The Kier molecular flexibility index (Phi) is 5.60. The van der Waals surface area contributed by atoms with E-state index in [1.54, 1.807) is 30.5 Å². The van der Waals surface area contributed by atoms with Gasteiger partial charge < -0.3 is 5.32 Å². The van der Waals surface area contributed by atoms with Crippen molar-refractivity contribution in [1.29, 1.82) is 0 Å². The summed E-state index contributed by atoms with van der Waals surface area (Å²) in [5.74, 6) is -0.101. The second-order valence-corrected chi connectivity index (χ2v) is 9.16. The fourth-order valence-electron chi connectivity index (χ4n) is 3.53. The van der Waals surface area contributed by atoms with Crippen molar-refractivity contribution in [2.75, 3.05) is 18.4 Å². The van der Waals surface area contributed by atoms with Crippen LogP contribution in [0.5, 0.6) is 0 Å². The highest BCUT2D eigenvalue weighted by Crippen LogP contribution is 2.21. The van der Waals surface area contributed by atoms with Crippen LogP contribution in [0.2, 0.25) is 0 Å². The first-order valence-corrected chi connectivity index (χ1v) is 11.2. The number of fused-ring (bicyclic) bond motifs is 1. The van der Waals surface area contributed by atoms with Crippen molar-refractivity contribution in [3.05, 3.63) is 66.4 Å². The molecule has 2 aromatic carbocycles. The molecule has 29 heavy (non-hydrogen) atoms. The molecule has 1 aromatic heterocycles. The molecule has 4 rings (SSSR count). The van der Waals surface area contributed by atoms with Gasteiger partial charge in [-0.25, -0.2) is 8.42 Å². The van der Waals surface area contributed by atoms with E-state index >= 15 is 0 Å². The molecule has 1 amide bonds. The second-order valence-electron chi connectivity index (χ2n) is 7.22. The first-order valence-electron chi connectivity index (χ1n) is 9.76. The average Bonchev–Trinajstić information content (AvgIpc) is 3.28. The summed E-state index contributed by atoms with van der Waals surface area (Å²) in [7, 11) is -3.40. The summed E-state index contributed by atoms with van der Waals surface area (Å²) in [6, 6.07) is 16.5. The zero-order chi connectivity index (χ0) is 20.3. The minimum Gasteiger partial charge on any atom is -0.325 e. The molecule has 7 heteroatoms. The van der Waals surface area contributed by atoms with Crippen LogP contribution in [0.3, 0.4) is 0 Å². The van der Waals surface area contributed by atoms with Crippen LogP contribution in [-0.2, 0) is 21.2 Å². The van der Waals surface area contributed by atoms with Crippen molar-refractivity contribution in [3.8, 4) is 0 Å². The summed E-state index contributed by atoms with van der Waals surface area (Å²) >= 11 is 0. The fraction of sp³-hybridized carbons (Fsp3) is 0.273. The highest BCUT2D eigenvalue weighted by Gasteiger charge is 2.26. The van der Waals surface area contributed by atoms with E-state index in [4.69, 9.17) is 0 Å². The van der Waals surface area contributed by atoms with Crippen LogP contribution in [0.4, 0.5) is 5.69 Å². The van der Waals surface area contributed by atoms with Crippen molar-refractivity contribution in [3.63, 3.8) is 0 Å². The van der Waals surface area contributed by atoms with Crippen molar-refractivity contribution in [2.45, 2.75) is 30.6 Å². The van der Waals surface area contributed by atoms with Gasteiger partial charge in [0.05, 0.1) is 22.3 Å². The van der Waals surface area contributed by atoms with Gasteiger partial charge in [-0.2, -0.15) is 4.31 Å². The zero-order valence-electron chi connectivity index (χ0n) is 16.0. The van der Waals surface area contributed by atoms with Crippen LogP contribution in [0, 0.1) is 0 Å². The molecular formula is C22H23N3O3S. The summed E-state index contributed by atoms with van der Waals surface area (Å²) in [6.07, 6.45) is 4.33. The van der Waals surface area contributed by atoms with Crippen LogP contribution < -0.4 is 5.32 Å². The number of hydrogen-bond donors (Lipinski definition) is 1. The van der Waals surface area contributed by atoms with Gasteiger partial charge in [-0.15, -0.1) is 0 Å². The molecule has 0 unspecified atom stereocenters. The number of nitrogens with one attached hydrogen (secondary N) is 1. The Morgan fingerprint density at radius 1 is 1.03 bits per heavy atom. The van der Waals surface area contributed by atoms with Crippen molar-refractivity contribution in [1.82, 2.24) is 9.29 Å². The largest absolute Gasteiger partial charge is 0.325 e. The van der Waals surface area contributed by atoms with Gasteiger partial charge in [0.25, 0.3) is 0 Å². The van der Waals surface area contributed by atoms with Gasteiger partial charge >= 0.3 is 0 Å². The van der Waals surface area contributed by atoms with Crippen molar-refractivity contribution >= 4 is 32.5 Å². The van der Waals surface area contributed by atoms with E-state index in [1.807, 2.05) is 30.3 Å². The van der Waals surface area contributed by atoms with E-state index in [9.17, 15) is 13.2 Å². The minimum absolute atomic E-state index is 0.101. The van der Waals surface area contributed by atoms with Gasteiger partial charge in [-0.05, 0) is 49.1 Å². The Labute approximate surface area is 170 Å². The van der Waals surface area contributed by atoms with Crippen LogP contribution >= 0.6 is 0 Å². The molecule has 1 N–H and O–H groups in total. The third-order valence-corrected chi connectivity index (χ3v) is 7.05. The molecule has 1 fully saturated rings. The van der Waals surface area contributed by atoms with Crippen molar-refractivity contribution < 1.29 is 13.2 Å². The first-order chi connectivity index (χ1) is 14.0. The molecule has 0 aliphatic carbocycles. The number of rotatable bonds is 6. The topological polar surface area (TPSA) is 79.4 Å². The Bertz CT molecular complexity index is 1120. The number of aromatic nitrogens is 1. The maximum atomic E-state index is 12.6. The number of amides is 1. The monoisotopic (exact) mass is 409 g/mol. The van der Waals surface area contributed by atoms with E-state index in [0.29, 0.717) is 36.5 Å². The van der Waals surface area contributed by atoms with Crippen LogP contribution in [0.1, 0.15) is 24.8 Å². The number of carbonyl (C=O) groups excluding carboxylic acids is 1. The lowest BCUT2D eigenvalue weighted by Gasteiger charge is -2.15. The average molecular weight is 410 g/mol. The molecule has 2 heterocycles. The molecule has 0 atom stereocenters. The van der Waals surface area contributed by atoms with E-state index < -0.39 is 10.0 Å². The molecule has 150 valence electrons. The number of carbonyl (C=O) groups is 1. The normalized spacial score (nSPS) is 14.9. The molecular weight excluding hydrogens is 386 g/mol. The lowest BCUT2D eigenvalue weighted by molar-refractivity contribution is -0.116. The molecule has 0 saturated carbocycles. The Balaban J connectivity index is 1.35. The molecule has 0 spiro atoms. The molecule has 0 radical (unpaired) electrons. The number of sulfonamides is 1. The Hall–Kier alpha value is -2.77. The summed E-state index contributed by atoms with van der Waals surface area (Å²) in [6.45, 7) is 1.18. The molecule has 0 bridgehead atoms. The predicted molar refractivity (Wildman–Crippen MR) is 113 cm³/mol. The number of benzene rings is 2. The van der Waals surface area contributed by atoms with Gasteiger partial charge in [-0.1, -0.05) is 30.3 Å². The second kappa shape index (κ2) is 8.31. The highest BCUT2D eigenvalue weighted by atomic mass is 32.2. The molecule has 1 aliphatic heterocycles. The lowest BCUT2D eigenvalue weighted by Crippen LogP contribution is -2.27. The Morgan fingerprint density at radius 3 is 2.52 bits per heavy atom. The smallest absolute Gasteiger partial charge is 0.243 e. The quantitative estimate of drug-likeness (QED) is 0.675. The number of anilines is 1. The predicted octanol–water partition coefficient (Wildman–Crippen LogP) is 3.59. The van der Waals surface area contributed by atoms with Gasteiger partial charge in [-0.3, -0.25) is 9.78 Å². The SMILES string of the molecule is O=C(CCc1ccc(S(=O)(=O)N2CCCC2)cc1)Nc1cnc2ccccc2c1. The van der Waals surface area contributed by atoms with Crippen LogP contribution in [0.15, 0.2) is 65.7 Å². The van der Waals surface area contributed by atoms with Gasteiger partial charge in [0.2, 0.25) is 15.9 Å². The van der Waals surface area contributed by atoms with Gasteiger partial charge in [0.15, 0.2) is 0 Å². The molecule has 1 aliphatic rings. The number of pyridine rings is 1. The third kappa shape index (κ3) is 4.46. The van der Waals surface area contributed by atoms with Gasteiger partial charge in [0, 0.05) is 24.9 Å². The van der Waals surface area contributed by atoms with E-state index in [-0.39, 0.29) is 5.91 Å². The molecule has 3 aromatic rings. The number of aryl methyl sites for hydroxylation is 1. The highest BCUT2D eigenvalue weighted by molar-refractivity contribution is 7.89. The maximum absolute atomic E-state index is 12.6. The summed E-state index contributed by atoms with van der Waals surface area (Å²) < 4.78 is 26.7. The van der Waals surface area contributed by atoms with E-state index in [0.717, 1.165) is 29.3 Å². The third-order valence-electron chi connectivity index (χ3n) is 5.14. The standard InChI is InChI=1S/C22H23N3O3S/c26-22(24-19-15-18-5-1-2-6-21(18)23-16-19)12-9-17-7-10-20(11-8-17)29(27,28)25-13-3-4-14-25/h1-2,5-8,10-11,15-16H,3-4,9,12-14H2,(H,24,26). The summed E-state index contributed by atoms with van der Waals surface area (Å²) in [4.78, 5) is 16.9. The summed E-state index contributed by atoms with van der Waals surface area (Å²) in [5, 5.41) is 3.85. The number of para-hydroxylation sites is 1. The zero-order valence-corrected chi connectivity index (χ0v) is 16.9. The fourth-order valence-corrected chi connectivity index (χ4v) is 5.04. The lowest BCUT2D eigenvalue weighted by atomic mass is 10.1. The maximum Gasteiger partial charge on any atom is 0.243 e. The minimum atomic E-state index is -3.40. The van der Waals surface area contributed by atoms with E-state index in [1.165, 1.54) is 4.31 Å². The van der Waals surface area contributed by atoms with Crippen molar-refractivity contribution in [2.24, 2.45) is 0 Å². The van der Waals surface area contributed by atoms with E-state index in [2.05, 4.69) is 10.3 Å². The number of nitrogens with zero attached hydrogens (tertiary/aromatic N) is 2. The Morgan fingerprint density at radius 2 is 1.76 bits per heavy atom. The number of hydrogen-bond acceptors (Lipinski definition) is 4. The summed E-state index contributed by atoms with van der Waals surface area (Å²) in [5.41, 5.74) is 2.48. The first kappa shape index (κ1) is 19.5. The van der Waals surface area contributed by atoms with Crippen LogP contribution in [-0.4, -0.2) is 36.7 Å². The molecule has 6 nitrogen and oxygen atoms in total. The van der Waals surface area contributed by atoms with Crippen LogP contribution in [0.25, 0.3) is 10.9 Å². The molecule has 1 saturated heterocycles.